The molecule has 7 rings (SSSR count). The molecule has 0 unspecified atom stereocenters. The van der Waals surface area contributed by atoms with Crippen LogP contribution in [0.3, 0.4) is 0 Å². The largest absolute Gasteiger partial charge is 2.00 e. The number of nitrogens with zero attached hydrogens (tertiary/aromatic N) is 4. The van der Waals surface area contributed by atoms with Crippen LogP contribution in [0.15, 0.2) is 91.1 Å². The van der Waals surface area contributed by atoms with Crippen LogP contribution in [0, 0.1) is 32.9 Å². The summed E-state index contributed by atoms with van der Waals surface area (Å²) in [5.41, 5.74) is 10.8. The number of aryl methyl sites for hydroxylation is 3. The van der Waals surface area contributed by atoms with Crippen LogP contribution in [0.25, 0.3) is 44.4 Å². The van der Waals surface area contributed by atoms with Crippen molar-refractivity contribution in [2.45, 2.75) is 79.6 Å². The van der Waals surface area contributed by atoms with Gasteiger partial charge in [-0.15, -0.1) is 41.3 Å². The van der Waals surface area contributed by atoms with E-state index in [9.17, 15) is 0 Å². The minimum atomic E-state index is -0.119. The first-order valence-corrected chi connectivity index (χ1v) is 17.4. The van der Waals surface area contributed by atoms with Crippen molar-refractivity contribution in [3.63, 3.8) is 0 Å². The average Bonchev–Trinajstić information content (AvgIpc) is 3.56. The van der Waals surface area contributed by atoms with Gasteiger partial charge >= 0.3 is 21.1 Å². The predicted octanol–water partition coefficient (Wildman–Crippen LogP) is 11.4. The first-order chi connectivity index (χ1) is 23.6. The minimum Gasteiger partial charge on any atom is -0.509 e. The van der Waals surface area contributed by atoms with Gasteiger partial charge in [-0.05, 0) is 85.0 Å². The number of aromatic nitrogens is 4. The summed E-state index contributed by atoms with van der Waals surface area (Å²) in [6.07, 6.45) is 6.60. The molecule has 0 bridgehead atoms. The van der Waals surface area contributed by atoms with Gasteiger partial charge in [0, 0.05) is 34.5 Å². The summed E-state index contributed by atoms with van der Waals surface area (Å²) in [7, 11) is 0. The summed E-state index contributed by atoms with van der Waals surface area (Å²) in [5, 5.41) is 7.33. The third kappa shape index (κ3) is 6.94. The zero-order valence-corrected chi connectivity index (χ0v) is 32.3. The molecular formula is C44H44N4OPt. The third-order valence-corrected chi connectivity index (χ3v) is 9.41. The maximum atomic E-state index is 6.66. The molecule has 0 atom stereocenters. The molecule has 0 aliphatic rings. The Morgan fingerprint density at radius 2 is 1.60 bits per heavy atom. The second-order valence-corrected chi connectivity index (χ2v) is 14.2. The molecule has 50 heavy (non-hydrogen) atoms. The van der Waals surface area contributed by atoms with E-state index in [4.69, 9.17) is 14.8 Å². The van der Waals surface area contributed by atoms with Gasteiger partial charge in [0.15, 0.2) is 0 Å². The molecule has 6 heteroatoms. The Balaban J connectivity index is 0.00000432. The number of rotatable bonds is 9. The second-order valence-electron chi connectivity index (χ2n) is 14.2. The minimum absolute atomic E-state index is 0. The number of unbranched alkanes of at least 4 members (excludes halogenated alkanes) is 2. The average molecular weight is 840 g/mol. The van der Waals surface area contributed by atoms with E-state index in [1.54, 1.807) is 0 Å². The van der Waals surface area contributed by atoms with Crippen molar-refractivity contribution in [1.82, 2.24) is 19.3 Å². The van der Waals surface area contributed by atoms with Crippen LogP contribution in [0.2, 0.25) is 0 Å². The van der Waals surface area contributed by atoms with Crippen molar-refractivity contribution in [2.75, 3.05) is 0 Å². The number of hydrogen-bond acceptors (Lipinski definition) is 3. The zero-order valence-electron chi connectivity index (χ0n) is 30.0. The van der Waals surface area contributed by atoms with Crippen molar-refractivity contribution >= 4 is 21.8 Å². The summed E-state index contributed by atoms with van der Waals surface area (Å²) in [6, 6.07) is 37.1. The van der Waals surface area contributed by atoms with Crippen LogP contribution >= 0.6 is 0 Å². The third-order valence-electron chi connectivity index (χ3n) is 9.41. The van der Waals surface area contributed by atoms with Gasteiger partial charge in [0.25, 0.3) is 0 Å². The van der Waals surface area contributed by atoms with Crippen LogP contribution in [0.1, 0.15) is 75.0 Å². The molecule has 0 aliphatic carbocycles. The Bertz CT molecular complexity index is 2290. The predicted molar refractivity (Wildman–Crippen MR) is 201 cm³/mol. The van der Waals surface area contributed by atoms with Gasteiger partial charge in [-0.25, -0.2) is 4.98 Å². The van der Waals surface area contributed by atoms with E-state index in [0.717, 1.165) is 68.0 Å². The second kappa shape index (κ2) is 14.4. The summed E-state index contributed by atoms with van der Waals surface area (Å²) >= 11 is 0. The summed E-state index contributed by atoms with van der Waals surface area (Å²) in [5.74, 6) is 2.12. The van der Waals surface area contributed by atoms with E-state index in [0.29, 0.717) is 11.5 Å². The molecule has 5 nitrogen and oxygen atoms in total. The number of fused-ring (bicyclic) bond motifs is 3. The Kier molecular flexibility index (Phi) is 10.2. The fraction of sp³-hybridized carbons (Fsp3) is 0.273. The summed E-state index contributed by atoms with van der Waals surface area (Å²) in [4.78, 5) is 4.79. The zero-order chi connectivity index (χ0) is 34.3. The van der Waals surface area contributed by atoms with Crippen molar-refractivity contribution in [2.24, 2.45) is 0 Å². The van der Waals surface area contributed by atoms with Crippen LogP contribution in [-0.2, 0) is 32.9 Å². The van der Waals surface area contributed by atoms with Gasteiger partial charge in [-0.1, -0.05) is 88.5 Å². The van der Waals surface area contributed by atoms with Gasteiger partial charge in [-0.3, -0.25) is 4.68 Å². The van der Waals surface area contributed by atoms with E-state index < -0.39 is 0 Å². The van der Waals surface area contributed by atoms with E-state index >= 15 is 0 Å². The van der Waals surface area contributed by atoms with Gasteiger partial charge in [0.2, 0.25) is 0 Å². The SMILES string of the molecule is CCCCCc1ccc2c(c1)c1ccc(Oc3[c-]c(-n4nc(C)c(-c5ccccc5)c4C)cc(C(C)(C)C)c3)[c-]c1n2-c1cc(C)ccn1.[Pt+2]. The Morgan fingerprint density at radius 3 is 2.34 bits per heavy atom. The number of pyridine rings is 1. The Morgan fingerprint density at radius 1 is 0.800 bits per heavy atom. The van der Waals surface area contributed by atoms with Crippen molar-refractivity contribution in [1.29, 1.82) is 0 Å². The summed E-state index contributed by atoms with van der Waals surface area (Å²) < 4.78 is 10.9. The van der Waals surface area contributed by atoms with Crippen LogP contribution in [0.5, 0.6) is 11.5 Å². The van der Waals surface area contributed by atoms with E-state index in [-0.39, 0.29) is 26.5 Å². The van der Waals surface area contributed by atoms with E-state index in [1.165, 1.54) is 30.2 Å². The quantitative estimate of drug-likeness (QED) is 0.107. The van der Waals surface area contributed by atoms with Crippen LogP contribution in [0.4, 0.5) is 0 Å². The van der Waals surface area contributed by atoms with Crippen molar-refractivity contribution in [3.8, 4) is 34.1 Å². The maximum absolute atomic E-state index is 6.66. The van der Waals surface area contributed by atoms with Gasteiger partial charge in [0.1, 0.15) is 5.82 Å². The van der Waals surface area contributed by atoms with E-state index in [2.05, 4.69) is 132 Å². The molecule has 0 fully saturated rings. The molecule has 0 amide bonds. The topological polar surface area (TPSA) is 44.9 Å². The smallest absolute Gasteiger partial charge is 0.509 e. The molecule has 256 valence electrons. The normalized spacial score (nSPS) is 11.7. The van der Waals surface area contributed by atoms with Crippen LogP contribution in [-0.4, -0.2) is 19.3 Å². The maximum Gasteiger partial charge on any atom is 2.00 e. The molecule has 0 saturated heterocycles. The molecule has 3 aromatic heterocycles. The summed E-state index contributed by atoms with van der Waals surface area (Å²) in [6.45, 7) is 15.2. The molecular weight excluding hydrogens is 796 g/mol. The molecule has 0 aliphatic heterocycles. The van der Waals surface area contributed by atoms with Crippen molar-refractivity contribution < 1.29 is 25.8 Å². The Labute approximate surface area is 310 Å². The van der Waals surface area contributed by atoms with Crippen LogP contribution < -0.4 is 4.74 Å². The standard InChI is InChI=1S/C44H44N4O.Pt/c1-8-9-11-14-32-17-20-40-39(24-32)38-19-18-36(28-41(38)47(40)42-23-29(2)21-22-45-42)49-37-26-34(44(5,6)7)25-35(27-37)48-31(4)43(30(3)46-48)33-15-12-10-13-16-33;/h10,12-13,15-26H,8-9,11,14H2,1-7H3;/q-2;+2. The molecule has 3 heterocycles. The van der Waals surface area contributed by atoms with Crippen molar-refractivity contribution in [3.05, 3.63) is 131 Å². The van der Waals surface area contributed by atoms with E-state index in [1.807, 2.05) is 29.1 Å². The molecule has 0 radical (unpaired) electrons. The number of hydrogen-bond donors (Lipinski definition) is 0. The van der Waals surface area contributed by atoms with Gasteiger partial charge in [0.05, 0.1) is 5.69 Å². The molecule has 0 spiro atoms. The number of ether oxygens (including phenoxy) is 1. The first-order valence-electron chi connectivity index (χ1n) is 17.4. The molecule has 0 N–H and O–H groups in total. The Hall–Kier alpha value is -4.47. The number of benzene rings is 4. The fourth-order valence-corrected chi connectivity index (χ4v) is 6.80. The van der Waals surface area contributed by atoms with Gasteiger partial charge < -0.3 is 9.30 Å². The monoisotopic (exact) mass is 839 g/mol. The fourth-order valence-electron chi connectivity index (χ4n) is 6.80. The molecule has 0 saturated carbocycles. The first kappa shape index (κ1) is 35.4. The molecule has 7 aromatic rings. The molecule has 4 aromatic carbocycles. The van der Waals surface area contributed by atoms with Gasteiger partial charge in [-0.2, -0.15) is 11.2 Å².